The first-order valence-electron chi connectivity index (χ1n) is 5.77. The van der Waals surface area contributed by atoms with Gasteiger partial charge in [0.25, 0.3) is 0 Å². The van der Waals surface area contributed by atoms with Crippen molar-refractivity contribution in [1.29, 1.82) is 0 Å². The highest BCUT2D eigenvalue weighted by Crippen LogP contribution is 2.07. The summed E-state index contributed by atoms with van der Waals surface area (Å²) >= 11 is 0. The summed E-state index contributed by atoms with van der Waals surface area (Å²) in [6.07, 6.45) is 1.17. The largest absolute Gasteiger partial charge is 0.303 e. The fraction of sp³-hybridized carbons (Fsp3) is 0.909. The molecule has 0 saturated carbocycles. The minimum atomic E-state index is -0.0856. The maximum Gasteiger partial charge on any atom is 0.237 e. The van der Waals surface area contributed by atoms with Gasteiger partial charge in [0, 0.05) is 19.0 Å². The molecule has 0 aromatic rings. The van der Waals surface area contributed by atoms with Gasteiger partial charge < -0.3 is 4.90 Å². The van der Waals surface area contributed by atoms with E-state index >= 15 is 0 Å². The molecule has 2 unspecified atom stereocenters. The molecule has 4 heteroatoms. The monoisotopic (exact) mass is 215 g/mol. The number of carbonyl (C=O) groups is 1. The first-order chi connectivity index (χ1) is 7.04. The van der Waals surface area contributed by atoms with E-state index in [1.165, 1.54) is 6.42 Å². The van der Waals surface area contributed by atoms with E-state index in [1.54, 1.807) is 0 Å². The summed E-state index contributed by atoms with van der Waals surface area (Å²) in [5.74, 6) is 5.65. The van der Waals surface area contributed by atoms with Gasteiger partial charge in [-0.05, 0) is 12.5 Å². The van der Waals surface area contributed by atoms with Crippen LogP contribution < -0.4 is 11.3 Å². The van der Waals surface area contributed by atoms with Crippen LogP contribution in [0.2, 0.25) is 0 Å². The molecule has 0 aliphatic rings. The van der Waals surface area contributed by atoms with Crippen LogP contribution >= 0.6 is 0 Å². The van der Waals surface area contributed by atoms with Crippen LogP contribution in [0.15, 0.2) is 0 Å². The molecule has 0 fully saturated rings. The van der Waals surface area contributed by atoms with Crippen molar-refractivity contribution >= 4 is 5.91 Å². The minimum absolute atomic E-state index is 0.0426. The maximum absolute atomic E-state index is 11.3. The van der Waals surface area contributed by atoms with E-state index in [-0.39, 0.29) is 11.8 Å². The quantitative estimate of drug-likeness (QED) is 0.378. The van der Waals surface area contributed by atoms with Gasteiger partial charge in [-0.15, -0.1) is 0 Å². The topological polar surface area (TPSA) is 58.4 Å². The van der Waals surface area contributed by atoms with Crippen LogP contribution in [0.1, 0.15) is 34.1 Å². The standard InChI is InChI=1S/C11H25N3O/c1-5-9(3)7-14(6-2)8-10(4)11(15)13-12/h9-10H,5-8,12H2,1-4H3,(H,13,15). The molecule has 1 amide bonds. The highest BCUT2D eigenvalue weighted by atomic mass is 16.2. The van der Waals surface area contributed by atoms with Crippen LogP contribution in [0, 0.1) is 11.8 Å². The summed E-state index contributed by atoms with van der Waals surface area (Å²) in [6, 6.07) is 0. The fourth-order valence-electron chi connectivity index (χ4n) is 1.52. The third-order valence-corrected chi connectivity index (χ3v) is 2.84. The SMILES string of the molecule is CCC(C)CN(CC)CC(C)C(=O)NN. The van der Waals surface area contributed by atoms with Crippen LogP contribution in [-0.4, -0.2) is 30.4 Å². The molecule has 0 rings (SSSR count). The van der Waals surface area contributed by atoms with Crippen molar-refractivity contribution in [2.75, 3.05) is 19.6 Å². The summed E-state index contributed by atoms with van der Waals surface area (Å²) < 4.78 is 0. The van der Waals surface area contributed by atoms with E-state index in [4.69, 9.17) is 5.84 Å². The maximum atomic E-state index is 11.3. The second-order valence-electron chi connectivity index (χ2n) is 4.28. The first kappa shape index (κ1) is 14.4. The fourth-order valence-corrected chi connectivity index (χ4v) is 1.52. The Morgan fingerprint density at radius 3 is 2.33 bits per heavy atom. The molecule has 2 atom stereocenters. The van der Waals surface area contributed by atoms with E-state index in [0.717, 1.165) is 19.6 Å². The molecule has 3 N–H and O–H groups in total. The Kier molecular flexibility index (Phi) is 7.34. The van der Waals surface area contributed by atoms with Gasteiger partial charge in [0.1, 0.15) is 0 Å². The molecule has 0 heterocycles. The Morgan fingerprint density at radius 1 is 1.33 bits per heavy atom. The number of amides is 1. The molecule has 0 aliphatic carbocycles. The van der Waals surface area contributed by atoms with E-state index in [0.29, 0.717) is 5.92 Å². The van der Waals surface area contributed by atoms with E-state index in [2.05, 4.69) is 31.1 Å². The van der Waals surface area contributed by atoms with E-state index in [9.17, 15) is 4.79 Å². The van der Waals surface area contributed by atoms with Gasteiger partial charge in [0.05, 0.1) is 0 Å². The van der Waals surface area contributed by atoms with Crippen molar-refractivity contribution in [3.05, 3.63) is 0 Å². The lowest BCUT2D eigenvalue weighted by Crippen LogP contribution is -2.41. The molecule has 0 saturated heterocycles. The summed E-state index contributed by atoms with van der Waals surface area (Å²) in [4.78, 5) is 13.6. The van der Waals surface area contributed by atoms with E-state index in [1.807, 2.05) is 6.92 Å². The zero-order valence-corrected chi connectivity index (χ0v) is 10.4. The minimum Gasteiger partial charge on any atom is -0.303 e. The molecular formula is C11H25N3O. The summed E-state index contributed by atoms with van der Waals surface area (Å²) in [5.41, 5.74) is 2.20. The number of nitrogens with one attached hydrogen (secondary N) is 1. The average molecular weight is 215 g/mol. The predicted octanol–water partition coefficient (Wildman–Crippen LogP) is 0.980. The zero-order chi connectivity index (χ0) is 11.8. The Balaban J connectivity index is 4.03. The summed E-state index contributed by atoms with van der Waals surface area (Å²) in [6.45, 7) is 11.3. The van der Waals surface area contributed by atoms with Crippen molar-refractivity contribution < 1.29 is 4.79 Å². The normalized spacial score (nSPS) is 15.1. The van der Waals surface area contributed by atoms with Gasteiger partial charge in [-0.1, -0.05) is 34.1 Å². The Hall–Kier alpha value is -0.610. The van der Waals surface area contributed by atoms with Gasteiger partial charge >= 0.3 is 0 Å². The third-order valence-electron chi connectivity index (χ3n) is 2.84. The smallest absolute Gasteiger partial charge is 0.237 e. The van der Waals surface area contributed by atoms with Crippen molar-refractivity contribution in [2.24, 2.45) is 17.7 Å². The van der Waals surface area contributed by atoms with Crippen molar-refractivity contribution in [3.63, 3.8) is 0 Å². The number of rotatable bonds is 7. The first-order valence-corrected chi connectivity index (χ1v) is 5.77. The molecule has 0 aliphatic heterocycles. The predicted molar refractivity (Wildman–Crippen MR) is 63.1 cm³/mol. The van der Waals surface area contributed by atoms with Crippen LogP contribution in [0.5, 0.6) is 0 Å². The number of carbonyl (C=O) groups excluding carboxylic acids is 1. The number of nitrogens with zero attached hydrogens (tertiary/aromatic N) is 1. The van der Waals surface area contributed by atoms with Gasteiger partial charge in [-0.2, -0.15) is 0 Å². The summed E-state index contributed by atoms with van der Waals surface area (Å²) in [5, 5.41) is 0. The lowest BCUT2D eigenvalue weighted by atomic mass is 10.1. The highest BCUT2D eigenvalue weighted by Gasteiger charge is 2.16. The molecule has 0 spiro atoms. The van der Waals surface area contributed by atoms with Gasteiger partial charge in [-0.3, -0.25) is 10.2 Å². The molecule has 15 heavy (non-hydrogen) atoms. The molecule has 4 nitrogen and oxygen atoms in total. The Labute approximate surface area is 93.2 Å². The molecule has 0 radical (unpaired) electrons. The van der Waals surface area contributed by atoms with Crippen molar-refractivity contribution in [3.8, 4) is 0 Å². The molecule has 0 aromatic heterocycles. The zero-order valence-electron chi connectivity index (χ0n) is 10.4. The highest BCUT2D eigenvalue weighted by molar-refractivity contribution is 5.77. The van der Waals surface area contributed by atoms with Gasteiger partial charge in [-0.25, -0.2) is 5.84 Å². The number of nitrogens with two attached hydrogens (primary N) is 1. The second kappa shape index (κ2) is 7.65. The Morgan fingerprint density at radius 2 is 1.93 bits per heavy atom. The van der Waals surface area contributed by atoms with Crippen LogP contribution in [-0.2, 0) is 4.79 Å². The molecule has 0 aromatic carbocycles. The third kappa shape index (κ3) is 5.74. The Bertz CT molecular complexity index is 185. The van der Waals surface area contributed by atoms with Gasteiger partial charge in [0.2, 0.25) is 5.91 Å². The molecule has 90 valence electrons. The lowest BCUT2D eigenvalue weighted by Gasteiger charge is -2.26. The van der Waals surface area contributed by atoms with Gasteiger partial charge in [0.15, 0.2) is 0 Å². The van der Waals surface area contributed by atoms with Crippen molar-refractivity contribution in [2.45, 2.75) is 34.1 Å². The number of hydrogen-bond acceptors (Lipinski definition) is 3. The second-order valence-corrected chi connectivity index (χ2v) is 4.28. The number of hydrogen-bond donors (Lipinski definition) is 2. The van der Waals surface area contributed by atoms with Crippen molar-refractivity contribution in [1.82, 2.24) is 10.3 Å². The van der Waals surface area contributed by atoms with Crippen LogP contribution in [0.25, 0.3) is 0 Å². The van der Waals surface area contributed by atoms with Crippen LogP contribution in [0.3, 0.4) is 0 Å². The van der Waals surface area contributed by atoms with E-state index < -0.39 is 0 Å². The average Bonchev–Trinajstić information content (AvgIpc) is 2.26. The number of hydrazine groups is 1. The molecular weight excluding hydrogens is 190 g/mol. The summed E-state index contributed by atoms with van der Waals surface area (Å²) in [7, 11) is 0. The lowest BCUT2D eigenvalue weighted by molar-refractivity contribution is -0.125. The molecule has 0 bridgehead atoms. The van der Waals surface area contributed by atoms with Crippen LogP contribution in [0.4, 0.5) is 0 Å².